The van der Waals surface area contributed by atoms with E-state index in [0.717, 1.165) is 18.7 Å². The summed E-state index contributed by atoms with van der Waals surface area (Å²) in [5.41, 5.74) is 0.826. The Morgan fingerprint density at radius 2 is 2.30 bits per heavy atom. The number of carbonyl (C=O) groups is 1. The maximum absolute atomic E-state index is 12.2. The molecule has 0 aliphatic carbocycles. The third-order valence-corrected chi connectivity index (χ3v) is 4.76. The van der Waals surface area contributed by atoms with E-state index >= 15 is 0 Å². The van der Waals surface area contributed by atoms with E-state index in [9.17, 15) is 4.79 Å². The first-order chi connectivity index (χ1) is 10.6. The summed E-state index contributed by atoms with van der Waals surface area (Å²) < 4.78 is 5.29. The fourth-order valence-corrected chi connectivity index (χ4v) is 3.22. The first kappa shape index (κ1) is 20.1. The standard InChI is InChI=1S/C17H25ClN2O2.ClH/c1-12(13-5-4-8-19-10-13)9-17(21)20-11-14-15(18)6-3-7-16(14)22-2;/h3,6-7,12-13,19H,4-5,8-11H2,1-2H3,(H,20,21);1H. The van der Waals surface area contributed by atoms with E-state index in [1.165, 1.54) is 12.8 Å². The molecule has 2 unspecified atom stereocenters. The van der Waals surface area contributed by atoms with E-state index in [2.05, 4.69) is 17.6 Å². The molecule has 0 spiro atoms. The van der Waals surface area contributed by atoms with Gasteiger partial charge >= 0.3 is 0 Å². The SMILES string of the molecule is COc1cccc(Cl)c1CNC(=O)CC(C)C1CCCNC1.Cl. The molecule has 2 atom stereocenters. The van der Waals surface area contributed by atoms with Crippen LogP contribution in [0, 0.1) is 11.8 Å². The van der Waals surface area contributed by atoms with Crippen LogP contribution in [-0.4, -0.2) is 26.1 Å². The number of ether oxygens (including phenoxy) is 1. The van der Waals surface area contributed by atoms with Crippen molar-refractivity contribution in [2.45, 2.75) is 32.7 Å². The highest BCUT2D eigenvalue weighted by Gasteiger charge is 2.22. The molecule has 1 amide bonds. The van der Waals surface area contributed by atoms with Crippen LogP contribution < -0.4 is 15.4 Å². The third kappa shape index (κ3) is 5.87. The zero-order chi connectivity index (χ0) is 15.9. The number of hydrogen-bond acceptors (Lipinski definition) is 3. The van der Waals surface area contributed by atoms with Gasteiger partial charge < -0.3 is 15.4 Å². The molecular weight excluding hydrogens is 335 g/mol. The fraction of sp³-hybridized carbons (Fsp3) is 0.588. The quantitative estimate of drug-likeness (QED) is 0.816. The maximum Gasteiger partial charge on any atom is 0.220 e. The van der Waals surface area contributed by atoms with Crippen LogP contribution in [0.5, 0.6) is 5.75 Å². The molecule has 1 aromatic carbocycles. The smallest absolute Gasteiger partial charge is 0.220 e. The number of rotatable bonds is 6. The molecule has 2 rings (SSSR count). The molecule has 1 aliphatic rings. The highest BCUT2D eigenvalue weighted by Crippen LogP contribution is 2.26. The molecule has 6 heteroatoms. The summed E-state index contributed by atoms with van der Waals surface area (Å²) in [5.74, 6) is 1.76. The second-order valence-electron chi connectivity index (χ2n) is 5.99. The Balaban J connectivity index is 0.00000264. The Bertz CT molecular complexity index is 505. The van der Waals surface area contributed by atoms with Gasteiger partial charge in [0.15, 0.2) is 0 Å². The Morgan fingerprint density at radius 1 is 1.52 bits per heavy atom. The van der Waals surface area contributed by atoms with Crippen LogP contribution in [0.2, 0.25) is 5.02 Å². The number of benzene rings is 1. The monoisotopic (exact) mass is 360 g/mol. The van der Waals surface area contributed by atoms with E-state index in [1.807, 2.05) is 18.2 Å². The third-order valence-electron chi connectivity index (χ3n) is 4.41. The lowest BCUT2D eigenvalue weighted by molar-refractivity contribution is -0.122. The minimum absolute atomic E-state index is 0. The van der Waals surface area contributed by atoms with Gasteiger partial charge in [-0.25, -0.2) is 0 Å². The molecule has 0 radical (unpaired) electrons. The van der Waals surface area contributed by atoms with Crippen LogP contribution in [-0.2, 0) is 11.3 Å². The van der Waals surface area contributed by atoms with Crippen LogP contribution in [0.1, 0.15) is 31.7 Å². The molecule has 0 saturated carbocycles. The van der Waals surface area contributed by atoms with E-state index in [4.69, 9.17) is 16.3 Å². The maximum atomic E-state index is 12.2. The van der Waals surface area contributed by atoms with Gasteiger partial charge in [-0.3, -0.25) is 4.79 Å². The molecule has 130 valence electrons. The molecule has 1 saturated heterocycles. The normalized spacial score (nSPS) is 18.7. The minimum Gasteiger partial charge on any atom is -0.496 e. The summed E-state index contributed by atoms with van der Waals surface area (Å²) in [6.07, 6.45) is 2.96. The number of carbonyl (C=O) groups excluding carboxylic acids is 1. The van der Waals surface area contributed by atoms with Gasteiger partial charge in [0.2, 0.25) is 5.91 Å². The van der Waals surface area contributed by atoms with Crippen LogP contribution in [0.3, 0.4) is 0 Å². The van der Waals surface area contributed by atoms with Crippen LogP contribution >= 0.6 is 24.0 Å². The number of hydrogen-bond donors (Lipinski definition) is 2. The van der Waals surface area contributed by atoms with Gasteiger partial charge in [0, 0.05) is 23.6 Å². The molecule has 1 aromatic rings. The molecule has 0 aromatic heterocycles. The predicted octanol–water partition coefficient (Wildman–Crippen LogP) is 3.41. The van der Waals surface area contributed by atoms with E-state index in [-0.39, 0.29) is 18.3 Å². The van der Waals surface area contributed by atoms with Gasteiger partial charge in [-0.05, 0) is 49.9 Å². The summed E-state index contributed by atoms with van der Waals surface area (Å²) in [7, 11) is 1.61. The van der Waals surface area contributed by atoms with Crippen molar-refractivity contribution in [3.05, 3.63) is 28.8 Å². The Labute approximate surface area is 149 Å². The lowest BCUT2D eigenvalue weighted by Crippen LogP contribution is -2.35. The summed E-state index contributed by atoms with van der Waals surface area (Å²) in [4.78, 5) is 12.2. The number of halogens is 2. The first-order valence-electron chi connectivity index (χ1n) is 7.90. The Kier molecular flexibility index (Phi) is 8.74. The van der Waals surface area contributed by atoms with Gasteiger partial charge in [-0.2, -0.15) is 0 Å². The molecular formula is C17H26Cl2N2O2. The lowest BCUT2D eigenvalue weighted by Gasteiger charge is -2.28. The van der Waals surface area contributed by atoms with Crippen molar-refractivity contribution in [3.63, 3.8) is 0 Å². The molecule has 1 aliphatic heterocycles. The largest absolute Gasteiger partial charge is 0.496 e. The Morgan fingerprint density at radius 3 is 2.96 bits per heavy atom. The van der Waals surface area contributed by atoms with Gasteiger partial charge in [0.1, 0.15) is 5.75 Å². The topological polar surface area (TPSA) is 50.4 Å². The zero-order valence-electron chi connectivity index (χ0n) is 13.7. The van der Waals surface area contributed by atoms with Crippen molar-refractivity contribution in [2.24, 2.45) is 11.8 Å². The Hall–Kier alpha value is -0.970. The van der Waals surface area contributed by atoms with Crippen molar-refractivity contribution in [3.8, 4) is 5.75 Å². The van der Waals surface area contributed by atoms with Crippen molar-refractivity contribution < 1.29 is 9.53 Å². The van der Waals surface area contributed by atoms with E-state index < -0.39 is 0 Å². The van der Waals surface area contributed by atoms with Crippen molar-refractivity contribution in [1.82, 2.24) is 10.6 Å². The highest BCUT2D eigenvalue weighted by atomic mass is 35.5. The lowest BCUT2D eigenvalue weighted by atomic mass is 9.85. The number of piperidine rings is 1. The average molecular weight is 361 g/mol. The summed E-state index contributed by atoms with van der Waals surface area (Å²) >= 11 is 6.18. The van der Waals surface area contributed by atoms with Crippen LogP contribution in [0.4, 0.5) is 0 Å². The van der Waals surface area contributed by atoms with Gasteiger partial charge in [-0.1, -0.05) is 24.6 Å². The summed E-state index contributed by atoms with van der Waals surface area (Å²) in [6.45, 7) is 4.68. The fourth-order valence-electron chi connectivity index (χ4n) is 2.98. The minimum atomic E-state index is 0. The molecule has 0 bridgehead atoms. The predicted molar refractivity (Wildman–Crippen MR) is 96.5 cm³/mol. The van der Waals surface area contributed by atoms with E-state index in [1.54, 1.807) is 7.11 Å². The second-order valence-corrected chi connectivity index (χ2v) is 6.39. The number of amides is 1. The van der Waals surface area contributed by atoms with Gasteiger partial charge in [0.05, 0.1) is 7.11 Å². The van der Waals surface area contributed by atoms with Crippen molar-refractivity contribution >= 4 is 29.9 Å². The average Bonchev–Trinajstić information content (AvgIpc) is 2.54. The second kappa shape index (κ2) is 10.0. The first-order valence-corrected chi connectivity index (χ1v) is 8.28. The summed E-state index contributed by atoms with van der Waals surface area (Å²) in [6, 6.07) is 5.50. The van der Waals surface area contributed by atoms with Crippen LogP contribution in [0.25, 0.3) is 0 Å². The number of methoxy groups -OCH3 is 1. The molecule has 23 heavy (non-hydrogen) atoms. The summed E-state index contributed by atoms with van der Waals surface area (Å²) in [5, 5.41) is 6.98. The van der Waals surface area contributed by atoms with E-state index in [0.29, 0.717) is 35.6 Å². The van der Waals surface area contributed by atoms with Crippen molar-refractivity contribution in [2.75, 3.05) is 20.2 Å². The zero-order valence-corrected chi connectivity index (χ0v) is 15.3. The molecule has 2 N–H and O–H groups in total. The van der Waals surface area contributed by atoms with Crippen molar-refractivity contribution in [1.29, 1.82) is 0 Å². The van der Waals surface area contributed by atoms with Gasteiger partial charge in [-0.15, -0.1) is 12.4 Å². The van der Waals surface area contributed by atoms with Crippen LogP contribution in [0.15, 0.2) is 18.2 Å². The molecule has 4 nitrogen and oxygen atoms in total. The number of nitrogens with one attached hydrogen (secondary N) is 2. The molecule has 1 fully saturated rings. The highest BCUT2D eigenvalue weighted by molar-refractivity contribution is 6.31. The van der Waals surface area contributed by atoms with Gasteiger partial charge in [0.25, 0.3) is 0 Å². The molecule has 1 heterocycles.